The number of nitrogens with zero attached hydrogens (tertiary/aromatic N) is 3. The molecule has 2 heterocycles. The van der Waals surface area contributed by atoms with Crippen LogP contribution in [0, 0.1) is 0 Å². The Kier molecular flexibility index (Phi) is 10.7. The van der Waals surface area contributed by atoms with Gasteiger partial charge in [0.2, 0.25) is 0 Å². The SMILES string of the molecule is COC(=O)c1nc(C2CC2)nc(N)c1Cl.NCCO.O=C(O)c1nc(Cl)ccc1Cl. The number of carboxylic acids is 1. The van der Waals surface area contributed by atoms with Crippen molar-refractivity contribution in [1.82, 2.24) is 15.0 Å². The van der Waals surface area contributed by atoms with E-state index in [-0.39, 0.29) is 39.0 Å². The molecule has 2 aromatic heterocycles. The first kappa shape index (κ1) is 25.8. The lowest BCUT2D eigenvalue weighted by Crippen LogP contribution is -2.11. The second-order valence-corrected chi connectivity index (χ2v) is 6.85. The van der Waals surface area contributed by atoms with Crippen LogP contribution in [0.2, 0.25) is 15.2 Å². The minimum atomic E-state index is -1.18. The van der Waals surface area contributed by atoms with Gasteiger partial charge in [0, 0.05) is 12.5 Å². The van der Waals surface area contributed by atoms with E-state index >= 15 is 0 Å². The highest BCUT2D eigenvalue weighted by Gasteiger charge is 2.29. The lowest BCUT2D eigenvalue weighted by molar-refractivity contribution is 0.0592. The number of ether oxygens (including phenoxy) is 1. The normalized spacial score (nSPS) is 12.1. The Hall–Kier alpha value is -2.24. The van der Waals surface area contributed by atoms with Crippen molar-refractivity contribution in [1.29, 1.82) is 0 Å². The number of aliphatic hydroxyl groups is 1. The van der Waals surface area contributed by atoms with Crippen LogP contribution in [0.3, 0.4) is 0 Å². The Morgan fingerprint density at radius 1 is 1.17 bits per heavy atom. The van der Waals surface area contributed by atoms with Gasteiger partial charge in [-0.2, -0.15) is 0 Å². The highest BCUT2D eigenvalue weighted by atomic mass is 35.5. The number of nitrogens with two attached hydrogens (primary N) is 2. The standard InChI is InChI=1S/C9H10ClN3O2.C6H3Cl2NO2.C2H7NO/c1-15-9(14)6-5(10)7(11)13-8(12-6)4-2-3-4;7-3-1-2-4(8)9-5(3)6(10)11;3-1-2-4/h4H,2-3H2,1H3,(H2,11,12,13);1-2H,(H,10,11);4H,1-3H2. The Balaban J connectivity index is 0.000000264. The van der Waals surface area contributed by atoms with Crippen molar-refractivity contribution in [2.75, 3.05) is 26.0 Å². The van der Waals surface area contributed by atoms with E-state index in [4.69, 9.17) is 56.5 Å². The van der Waals surface area contributed by atoms with Crippen molar-refractivity contribution < 1.29 is 24.5 Å². The summed E-state index contributed by atoms with van der Waals surface area (Å²) in [7, 11) is 1.27. The average molecular weight is 481 g/mol. The Bertz CT molecular complexity index is 894. The molecule has 0 atom stereocenters. The number of aromatic nitrogens is 3. The van der Waals surface area contributed by atoms with Crippen LogP contribution in [-0.2, 0) is 4.74 Å². The third-order valence-corrected chi connectivity index (χ3v) is 4.25. The quantitative estimate of drug-likeness (QED) is 0.375. The summed E-state index contributed by atoms with van der Waals surface area (Å²) in [5.74, 6) is -0.743. The molecule has 1 aliphatic carbocycles. The van der Waals surface area contributed by atoms with Crippen LogP contribution < -0.4 is 11.5 Å². The number of carboxylic acid groups (broad SMARTS) is 1. The molecule has 0 saturated heterocycles. The van der Waals surface area contributed by atoms with E-state index in [0.29, 0.717) is 18.3 Å². The number of methoxy groups -OCH3 is 1. The minimum Gasteiger partial charge on any atom is -0.476 e. The third-order valence-electron chi connectivity index (χ3n) is 3.36. The second kappa shape index (κ2) is 12.5. The minimum absolute atomic E-state index is 0.0496. The number of hydrogen-bond acceptors (Lipinski definition) is 9. The maximum Gasteiger partial charge on any atom is 0.358 e. The Morgan fingerprint density at radius 3 is 2.20 bits per heavy atom. The zero-order valence-electron chi connectivity index (χ0n) is 15.8. The molecule has 0 aromatic carbocycles. The summed E-state index contributed by atoms with van der Waals surface area (Å²) in [5, 5.41) is 16.5. The highest BCUT2D eigenvalue weighted by molar-refractivity contribution is 6.35. The number of carbonyl (C=O) groups is 2. The Morgan fingerprint density at radius 2 is 1.77 bits per heavy atom. The topological polar surface area (TPSA) is 175 Å². The third kappa shape index (κ3) is 7.88. The molecule has 1 aliphatic rings. The van der Waals surface area contributed by atoms with Gasteiger partial charge in [-0.1, -0.05) is 34.8 Å². The van der Waals surface area contributed by atoms with E-state index < -0.39 is 11.9 Å². The number of carbonyl (C=O) groups excluding carboxylic acids is 1. The average Bonchev–Trinajstić information content (AvgIpc) is 3.57. The molecular weight excluding hydrogens is 461 g/mol. The van der Waals surface area contributed by atoms with Crippen LogP contribution in [0.4, 0.5) is 5.82 Å². The van der Waals surface area contributed by atoms with Gasteiger partial charge in [-0.05, 0) is 25.0 Å². The van der Waals surface area contributed by atoms with Crippen molar-refractivity contribution in [3.63, 3.8) is 0 Å². The van der Waals surface area contributed by atoms with E-state index in [1.807, 2.05) is 0 Å². The lowest BCUT2D eigenvalue weighted by atomic mass is 10.3. The number of rotatable bonds is 4. The van der Waals surface area contributed by atoms with E-state index in [9.17, 15) is 9.59 Å². The molecular formula is C17H20Cl3N5O5. The van der Waals surface area contributed by atoms with Crippen LogP contribution in [0.25, 0.3) is 0 Å². The first-order chi connectivity index (χ1) is 14.2. The van der Waals surface area contributed by atoms with Gasteiger partial charge in [0.1, 0.15) is 21.8 Å². The zero-order chi connectivity index (χ0) is 22.8. The maximum absolute atomic E-state index is 11.3. The molecule has 30 heavy (non-hydrogen) atoms. The molecule has 0 bridgehead atoms. The van der Waals surface area contributed by atoms with Crippen molar-refractivity contribution in [3.05, 3.63) is 44.5 Å². The van der Waals surface area contributed by atoms with Crippen LogP contribution in [-0.4, -0.2) is 57.4 Å². The lowest BCUT2D eigenvalue weighted by Gasteiger charge is -2.06. The molecule has 10 nitrogen and oxygen atoms in total. The predicted octanol–water partition coefficient (Wildman–Crippen LogP) is 2.40. The first-order valence-electron chi connectivity index (χ1n) is 8.43. The summed E-state index contributed by atoms with van der Waals surface area (Å²) in [5.41, 5.74) is 10.2. The molecule has 2 aromatic rings. The summed E-state index contributed by atoms with van der Waals surface area (Å²) in [4.78, 5) is 33.3. The van der Waals surface area contributed by atoms with Gasteiger partial charge in [-0.3, -0.25) is 0 Å². The monoisotopic (exact) mass is 479 g/mol. The summed E-state index contributed by atoms with van der Waals surface area (Å²) >= 11 is 16.7. The molecule has 0 unspecified atom stereocenters. The van der Waals surface area contributed by atoms with Gasteiger partial charge >= 0.3 is 11.9 Å². The van der Waals surface area contributed by atoms with Crippen molar-refractivity contribution in [2.45, 2.75) is 18.8 Å². The van der Waals surface area contributed by atoms with Gasteiger partial charge in [-0.15, -0.1) is 0 Å². The van der Waals surface area contributed by atoms with E-state index in [1.165, 1.54) is 19.2 Å². The van der Waals surface area contributed by atoms with Gasteiger partial charge < -0.3 is 26.4 Å². The van der Waals surface area contributed by atoms with E-state index in [2.05, 4.69) is 19.7 Å². The van der Waals surface area contributed by atoms with Crippen molar-refractivity contribution in [3.8, 4) is 0 Å². The van der Waals surface area contributed by atoms with Crippen LogP contribution in [0.15, 0.2) is 12.1 Å². The number of aliphatic hydroxyl groups excluding tert-OH is 1. The zero-order valence-corrected chi connectivity index (χ0v) is 18.1. The number of aromatic carboxylic acids is 1. The molecule has 1 fully saturated rings. The van der Waals surface area contributed by atoms with Gasteiger partial charge in [0.15, 0.2) is 11.4 Å². The number of anilines is 1. The predicted molar refractivity (Wildman–Crippen MR) is 112 cm³/mol. The smallest absolute Gasteiger partial charge is 0.358 e. The van der Waals surface area contributed by atoms with Crippen molar-refractivity contribution in [2.24, 2.45) is 5.73 Å². The van der Waals surface area contributed by atoms with Crippen LogP contribution >= 0.6 is 34.8 Å². The maximum atomic E-state index is 11.3. The number of halogens is 3. The van der Waals surface area contributed by atoms with Gasteiger partial charge in [0.25, 0.3) is 0 Å². The number of nitrogen functional groups attached to an aromatic ring is 1. The number of esters is 1. The largest absolute Gasteiger partial charge is 0.476 e. The molecule has 1 saturated carbocycles. The summed E-state index contributed by atoms with van der Waals surface area (Å²) in [6, 6.07) is 2.82. The summed E-state index contributed by atoms with van der Waals surface area (Å²) in [6.45, 7) is 0.472. The van der Waals surface area contributed by atoms with Crippen LogP contribution in [0.5, 0.6) is 0 Å². The molecule has 0 spiro atoms. The molecule has 164 valence electrons. The van der Waals surface area contributed by atoms with Gasteiger partial charge in [0.05, 0.1) is 18.7 Å². The molecule has 0 amide bonds. The van der Waals surface area contributed by atoms with Crippen LogP contribution in [0.1, 0.15) is 45.6 Å². The molecule has 0 radical (unpaired) electrons. The fraction of sp³-hybridized carbons (Fsp3) is 0.353. The fourth-order valence-corrected chi connectivity index (χ4v) is 2.30. The summed E-state index contributed by atoms with van der Waals surface area (Å²) in [6.07, 6.45) is 2.06. The highest BCUT2D eigenvalue weighted by Crippen LogP contribution is 2.39. The molecule has 13 heteroatoms. The second-order valence-electron chi connectivity index (χ2n) is 5.68. The van der Waals surface area contributed by atoms with Crippen molar-refractivity contribution >= 4 is 52.6 Å². The molecule has 0 aliphatic heterocycles. The first-order valence-corrected chi connectivity index (χ1v) is 9.57. The number of hydrogen-bond donors (Lipinski definition) is 4. The molecule has 6 N–H and O–H groups in total. The van der Waals surface area contributed by atoms with E-state index in [0.717, 1.165) is 12.8 Å². The van der Waals surface area contributed by atoms with E-state index in [1.54, 1.807) is 0 Å². The fourth-order valence-electron chi connectivity index (χ4n) is 1.81. The Labute approximate surface area is 187 Å². The number of pyridine rings is 1. The summed E-state index contributed by atoms with van der Waals surface area (Å²) < 4.78 is 4.56. The van der Waals surface area contributed by atoms with Gasteiger partial charge in [-0.25, -0.2) is 24.5 Å². The molecule has 3 rings (SSSR count).